The number of Topliss-reactive ketones (excluding diaryl/α,β-unsaturated/α-hetero) is 1. The molecule has 0 atom stereocenters. The standard InChI is InChI=1S/C13H10N2O4S/c16-11(12-2-1-7-20-12)8-14-13(17)9-3-5-10(6-4-9)15(18)19/h1-7H,8H2,(H,14,17). The number of nitrogens with one attached hydrogen (secondary N) is 1. The third kappa shape index (κ3) is 3.27. The van der Waals surface area contributed by atoms with E-state index < -0.39 is 10.8 Å². The molecule has 0 aliphatic carbocycles. The molecular formula is C13H10N2O4S. The van der Waals surface area contributed by atoms with Crippen molar-refractivity contribution in [1.29, 1.82) is 0 Å². The minimum Gasteiger partial charge on any atom is -0.345 e. The molecule has 0 saturated carbocycles. The Morgan fingerprint density at radius 3 is 2.45 bits per heavy atom. The molecule has 0 unspecified atom stereocenters. The van der Waals surface area contributed by atoms with Crippen molar-refractivity contribution in [3.8, 4) is 0 Å². The van der Waals surface area contributed by atoms with Crippen LogP contribution in [0.4, 0.5) is 5.69 Å². The number of nitro groups is 1. The molecule has 0 aliphatic rings. The van der Waals surface area contributed by atoms with E-state index in [4.69, 9.17) is 0 Å². The van der Waals surface area contributed by atoms with Gasteiger partial charge in [0.25, 0.3) is 11.6 Å². The van der Waals surface area contributed by atoms with Crippen LogP contribution in [-0.2, 0) is 0 Å². The first-order chi connectivity index (χ1) is 9.58. The molecule has 0 saturated heterocycles. The van der Waals surface area contributed by atoms with Gasteiger partial charge in [-0.2, -0.15) is 0 Å². The van der Waals surface area contributed by atoms with Crippen LogP contribution in [0.3, 0.4) is 0 Å². The van der Waals surface area contributed by atoms with Crippen molar-refractivity contribution < 1.29 is 14.5 Å². The molecule has 0 radical (unpaired) electrons. The Morgan fingerprint density at radius 1 is 1.20 bits per heavy atom. The van der Waals surface area contributed by atoms with Crippen LogP contribution in [0.1, 0.15) is 20.0 Å². The summed E-state index contributed by atoms with van der Waals surface area (Å²) >= 11 is 1.31. The predicted molar refractivity (Wildman–Crippen MR) is 74.1 cm³/mol. The van der Waals surface area contributed by atoms with Gasteiger partial charge in [-0.3, -0.25) is 19.7 Å². The third-order valence-electron chi connectivity index (χ3n) is 2.55. The highest BCUT2D eigenvalue weighted by atomic mass is 32.1. The van der Waals surface area contributed by atoms with Crippen LogP contribution in [0, 0.1) is 10.1 Å². The lowest BCUT2D eigenvalue weighted by Crippen LogP contribution is -2.29. The van der Waals surface area contributed by atoms with Crippen molar-refractivity contribution in [3.63, 3.8) is 0 Å². The quantitative estimate of drug-likeness (QED) is 0.519. The molecule has 2 rings (SSSR count). The minimum atomic E-state index is -0.540. The van der Waals surface area contributed by atoms with E-state index in [9.17, 15) is 19.7 Å². The second kappa shape index (κ2) is 6.07. The van der Waals surface area contributed by atoms with Gasteiger partial charge >= 0.3 is 0 Å². The van der Waals surface area contributed by atoms with Crippen LogP contribution in [0.15, 0.2) is 41.8 Å². The number of ketones is 1. The van der Waals surface area contributed by atoms with E-state index in [1.165, 1.54) is 35.6 Å². The van der Waals surface area contributed by atoms with Crippen LogP contribution in [-0.4, -0.2) is 23.2 Å². The van der Waals surface area contributed by atoms with Crippen molar-refractivity contribution in [2.24, 2.45) is 0 Å². The zero-order valence-electron chi connectivity index (χ0n) is 10.2. The topological polar surface area (TPSA) is 89.3 Å². The van der Waals surface area contributed by atoms with E-state index in [-0.39, 0.29) is 23.6 Å². The number of nitrogens with zero attached hydrogens (tertiary/aromatic N) is 1. The smallest absolute Gasteiger partial charge is 0.269 e. The molecular weight excluding hydrogens is 280 g/mol. The number of nitro benzene ring substituents is 1. The van der Waals surface area contributed by atoms with Crippen LogP contribution in [0.2, 0.25) is 0 Å². The number of rotatable bonds is 5. The zero-order chi connectivity index (χ0) is 14.5. The number of hydrogen-bond acceptors (Lipinski definition) is 5. The molecule has 1 amide bonds. The fourth-order valence-corrected chi connectivity index (χ4v) is 2.19. The average molecular weight is 290 g/mol. The molecule has 20 heavy (non-hydrogen) atoms. The normalized spacial score (nSPS) is 10.0. The van der Waals surface area contributed by atoms with Gasteiger partial charge in [0.05, 0.1) is 16.3 Å². The van der Waals surface area contributed by atoms with Crippen LogP contribution in [0.25, 0.3) is 0 Å². The second-order valence-corrected chi connectivity index (χ2v) is 4.83. The van der Waals surface area contributed by atoms with Crippen LogP contribution < -0.4 is 5.32 Å². The molecule has 0 fully saturated rings. The maximum absolute atomic E-state index is 11.8. The molecule has 7 heteroatoms. The first kappa shape index (κ1) is 13.9. The Hall–Kier alpha value is -2.54. The molecule has 0 aliphatic heterocycles. The van der Waals surface area contributed by atoms with Crippen molar-refractivity contribution in [1.82, 2.24) is 5.32 Å². The molecule has 6 nitrogen and oxygen atoms in total. The zero-order valence-corrected chi connectivity index (χ0v) is 11.1. The van der Waals surface area contributed by atoms with Gasteiger partial charge in [-0.15, -0.1) is 11.3 Å². The molecule has 0 bridgehead atoms. The molecule has 1 aromatic heterocycles. The van der Waals surface area contributed by atoms with E-state index >= 15 is 0 Å². The summed E-state index contributed by atoms with van der Waals surface area (Å²) in [5, 5.41) is 14.8. The van der Waals surface area contributed by atoms with E-state index in [0.717, 1.165) is 0 Å². The largest absolute Gasteiger partial charge is 0.345 e. The number of thiophene rings is 1. The molecule has 1 heterocycles. The summed E-state index contributed by atoms with van der Waals surface area (Å²) in [6.07, 6.45) is 0. The van der Waals surface area contributed by atoms with Crippen molar-refractivity contribution in [2.75, 3.05) is 6.54 Å². The minimum absolute atomic E-state index is 0.0868. The molecule has 0 spiro atoms. The summed E-state index contributed by atoms with van der Waals surface area (Å²) in [6.45, 7) is -0.101. The van der Waals surface area contributed by atoms with Gasteiger partial charge in [0.1, 0.15) is 0 Å². The summed E-state index contributed by atoms with van der Waals surface area (Å²) in [5.74, 6) is -0.611. The van der Waals surface area contributed by atoms with Crippen LogP contribution in [0.5, 0.6) is 0 Å². The first-order valence-corrected chi connectivity index (χ1v) is 6.55. The fraction of sp³-hybridized carbons (Fsp3) is 0.0769. The second-order valence-electron chi connectivity index (χ2n) is 3.89. The van der Waals surface area contributed by atoms with Crippen molar-refractivity contribution in [3.05, 3.63) is 62.3 Å². The van der Waals surface area contributed by atoms with Gasteiger partial charge in [-0.05, 0) is 23.6 Å². The van der Waals surface area contributed by atoms with Crippen LogP contribution >= 0.6 is 11.3 Å². The number of carbonyl (C=O) groups excluding carboxylic acids is 2. The number of amides is 1. The van der Waals surface area contributed by atoms with Gasteiger partial charge in [-0.1, -0.05) is 6.07 Å². The maximum atomic E-state index is 11.8. The summed E-state index contributed by atoms with van der Waals surface area (Å²) in [5.41, 5.74) is 0.186. The lowest BCUT2D eigenvalue weighted by Gasteiger charge is -2.03. The van der Waals surface area contributed by atoms with E-state index in [2.05, 4.69) is 5.32 Å². The summed E-state index contributed by atoms with van der Waals surface area (Å²) in [7, 11) is 0. The summed E-state index contributed by atoms with van der Waals surface area (Å²) < 4.78 is 0. The number of hydrogen-bond donors (Lipinski definition) is 1. The van der Waals surface area contributed by atoms with E-state index in [0.29, 0.717) is 4.88 Å². The lowest BCUT2D eigenvalue weighted by molar-refractivity contribution is -0.384. The Balaban J connectivity index is 1.95. The van der Waals surface area contributed by atoms with Gasteiger partial charge in [-0.25, -0.2) is 0 Å². The molecule has 1 N–H and O–H groups in total. The monoisotopic (exact) mass is 290 g/mol. The predicted octanol–water partition coefficient (Wildman–Crippen LogP) is 2.27. The van der Waals surface area contributed by atoms with Gasteiger partial charge in [0, 0.05) is 17.7 Å². The fourth-order valence-electron chi connectivity index (χ4n) is 1.52. The number of non-ortho nitro benzene ring substituents is 1. The number of benzene rings is 1. The average Bonchev–Trinajstić information content (AvgIpc) is 2.98. The van der Waals surface area contributed by atoms with E-state index in [1.54, 1.807) is 17.5 Å². The highest BCUT2D eigenvalue weighted by Gasteiger charge is 2.12. The van der Waals surface area contributed by atoms with Crippen molar-refractivity contribution in [2.45, 2.75) is 0 Å². The third-order valence-corrected chi connectivity index (χ3v) is 3.46. The summed E-state index contributed by atoms with van der Waals surface area (Å²) in [6, 6.07) is 8.64. The maximum Gasteiger partial charge on any atom is 0.269 e. The highest BCUT2D eigenvalue weighted by molar-refractivity contribution is 7.12. The summed E-state index contributed by atoms with van der Waals surface area (Å²) in [4.78, 5) is 34.0. The molecule has 1 aromatic carbocycles. The van der Waals surface area contributed by atoms with E-state index in [1.807, 2.05) is 0 Å². The van der Waals surface area contributed by atoms with Gasteiger partial charge in [0.2, 0.25) is 0 Å². The Bertz CT molecular complexity index is 635. The highest BCUT2D eigenvalue weighted by Crippen LogP contribution is 2.12. The van der Waals surface area contributed by atoms with Gasteiger partial charge < -0.3 is 5.32 Å². The molecule has 2 aromatic rings. The molecule has 102 valence electrons. The van der Waals surface area contributed by atoms with Crippen molar-refractivity contribution >= 4 is 28.7 Å². The van der Waals surface area contributed by atoms with Gasteiger partial charge in [0.15, 0.2) is 5.78 Å². The number of carbonyl (C=O) groups is 2. The first-order valence-electron chi connectivity index (χ1n) is 5.67. The Kier molecular flexibility index (Phi) is 4.21. The SMILES string of the molecule is O=C(NCC(=O)c1cccs1)c1ccc([N+](=O)[O-])cc1. The lowest BCUT2D eigenvalue weighted by atomic mass is 10.2. The Morgan fingerprint density at radius 2 is 1.90 bits per heavy atom. The Labute approximate surface area is 118 Å².